The summed E-state index contributed by atoms with van der Waals surface area (Å²) in [5.74, 6) is 0.120. The molecule has 3 N–H and O–H groups in total. The van der Waals surface area contributed by atoms with Crippen molar-refractivity contribution < 1.29 is 9.90 Å². The Kier molecular flexibility index (Phi) is 4.76. The van der Waals surface area contributed by atoms with Gasteiger partial charge in [0, 0.05) is 9.92 Å². The smallest absolute Gasteiger partial charge is 0.323 e. The number of rotatable bonds is 5. The summed E-state index contributed by atoms with van der Waals surface area (Å²) in [7, 11) is 0. The van der Waals surface area contributed by atoms with Crippen molar-refractivity contribution in [2.75, 3.05) is 5.75 Å². The Labute approximate surface area is 122 Å². The second-order valence-electron chi connectivity index (χ2n) is 5.03. The molecule has 1 aliphatic carbocycles. The molecule has 2 atom stereocenters. The number of hydrogen-bond donors (Lipinski definition) is 2. The van der Waals surface area contributed by atoms with Crippen LogP contribution in [0.5, 0.6) is 0 Å². The zero-order valence-corrected chi connectivity index (χ0v) is 12.2. The number of halogens is 1. The Morgan fingerprint density at radius 3 is 2.79 bits per heavy atom. The summed E-state index contributed by atoms with van der Waals surface area (Å²) in [5, 5.41) is 9.97. The monoisotopic (exact) mass is 299 g/mol. The molecule has 0 amide bonds. The summed E-state index contributed by atoms with van der Waals surface area (Å²) >= 11 is 7.55. The van der Waals surface area contributed by atoms with Gasteiger partial charge in [-0.1, -0.05) is 18.0 Å². The second-order valence-corrected chi connectivity index (χ2v) is 6.63. The normalized spacial score (nSPS) is 26.5. The van der Waals surface area contributed by atoms with E-state index in [0.717, 1.165) is 34.9 Å². The Morgan fingerprint density at radius 1 is 1.47 bits per heavy atom. The molecule has 1 aromatic carbocycles. The summed E-state index contributed by atoms with van der Waals surface area (Å²) in [5.41, 5.74) is 5.01. The molecule has 1 aromatic rings. The fraction of sp³-hybridized carbons (Fsp3) is 0.500. The van der Waals surface area contributed by atoms with Gasteiger partial charge in [0.15, 0.2) is 0 Å². The van der Waals surface area contributed by atoms with E-state index in [-0.39, 0.29) is 5.92 Å². The minimum Gasteiger partial charge on any atom is -0.480 e. The van der Waals surface area contributed by atoms with Gasteiger partial charge >= 0.3 is 5.97 Å². The third kappa shape index (κ3) is 3.44. The van der Waals surface area contributed by atoms with Crippen molar-refractivity contribution in [3.8, 4) is 0 Å². The van der Waals surface area contributed by atoms with Crippen LogP contribution < -0.4 is 5.73 Å². The maximum atomic E-state index is 11.3. The summed E-state index contributed by atoms with van der Waals surface area (Å²) < 4.78 is 0. The van der Waals surface area contributed by atoms with E-state index in [4.69, 9.17) is 17.3 Å². The van der Waals surface area contributed by atoms with Crippen molar-refractivity contribution >= 4 is 29.3 Å². The fourth-order valence-corrected chi connectivity index (χ4v) is 3.73. The third-order valence-corrected chi connectivity index (χ3v) is 5.12. The number of hydrogen-bond acceptors (Lipinski definition) is 3. The molecule has 1 aliphatic rings. The van der Waals surface area contributed by atoms with Gasteiger partial charge in [0.05, 0.1) is 0 Å². The van der Waals surface area contributed by atoms with E-state index < -0.39 is 11.5 Å². The van der Waals surface area contributed by atoms with Crippen molar-refractivity contribution in [1.29, 1.82) is 0 Å². The number of carboxylic acid groups (broad SMARTS) is 1. The first-order chi connectivity index (χ1) is 9.02. The van der Waals surface area contributed by atoms with Gasteiger partial charge in [0.25, 0.3) is 0 Å². The lowest BCUT2D eigenvalue weighted by atomic mass is 9.86. The zero-order valence-electron chi connectivity index (χ0n) is 10.6. The molecule has 2 rings (SSSR count). The van der Waals surface area contributed by atoms with Gasteiger partial charge in [-0.25, -0.2) is 0 Å². The maximum absolute atomic E-state index is 11.3. The van der Waals surface area contributed by atoms with E-state index in [1.165, 1.54) is 0 Å². The molecule has 1 fully saturated rings. The average Bonchev–Trinajstić information content (AvgIpc) is 2.75. The van der Waals surface area contributed by atoms with Crippen LogP contribution in [-0.2, 0) is 4.79 Å². The van der Waals surface area contributed by atoms with E-state index >= 15 is 0 Å². The molecule has 19 heavy (non-hydrogen) atoms. The van der Waals surface area contributed by atoms with Crippen LogP contribution in [0.3, 0.4) is 0 Å². The van der Waals surface area contributed by atoms with Crippen LogP contribution in [0.15, 0.2) is 29.2 Å². The number of aliphatic carboxylic acids is 1. The summed E-state index contributed by atoms with van der Waals surface area (Å²) in [6, 6.07) is 7.69. The van der Waals surface area contributed by atoms with E-state index in [1.54, 1.807) is 11.8 Å². The summed E-state index contributed by atoms with van der Waals surface area (Å²) in [4.78, 5) is 12.4. The standard InChI is InChI=1S/C14H18ClNO2S/c15-11-3-5-12(6-4-11)19-9-7-10-2-1-8-14(10,16)13(17)18/h3-6,10H,1-2,7-9,16H2,(H,17,18). The first-order valence-corrected chi connectivity index (χ1v) is 7.79. The highest BCUT2D eigenvalue weighted by Gasteiger charge is 2.45. The molecule has 0 spiro atoms. The van der Waals surface area contributed by atoms with Crippen LogP contribution in [0, 0.1) is 5.92 Å². The predicted octanol–water partition coefficient (Wildman–Crippen LogP) is 3.40. The Morgan fingerprint density at radius 2 is 2.16 bits per heavy atom. The molecule has 0 bridgehead atoms. The first kappa shape index (κ1) is 14.7. The van der Waals surface area contributed by atoms with Crippen LogP contribution in [0.25, 0.3) is 0 Å². The molecular weight excluding hydrogens is 282 g/mol. The highest BCUT2D eigenvalue weighted by Crippen LogP contribution is 2.37. The summed E-state index contributed by atoms with van der Waals surface area (Å²) in [6.45, 7) is 0. The Hall–Kier alpha value is -0.710. The Balaban J connectivity index is 1.85. The molecule has 2 unspecified atom stereocenters. The van der Waals surface area contributed by atoms with E-state index in [2.05, 4.69) is 0 Å². The largest absolute Gasteiger partial charge is 0.480 e. The van der Waals surface area contributed by atoms with Crippen molar-refractivity contribution in [3.05, 3.63) is 29.3 Å². The van der Waals surface area contributed by atoms with Crippen molar-refractivity contribution in [2.45, 2.75) is 36.1 Å². The van der Waals surface area contributed by atoms with Crippen LogP contribution in [0.2, 0.25) is 5.02 Å². The lowest BCUT2D eigenvalue weighted by molar-refractivity contribution is -0.144. The number of carboxylic acids is 1. The molecular formula is C14H18ClNO2S. The van der Waals surface area contributed by atoms with Crippen LogP contribution in [0.1, 0.15) is 25.7 Å². The SMILES string of the molecule is NC1(C(=O)O)CCCC1CCSc1ccc(Cl)cc1. The average molecular weight is 300 g/mol. The van der Waals surface area contributed by atoms with Gasteiger partial charge < -0.3 is 10.8 Å². The highest BCUT2D eigenvalue weighted by molar-refractivity contribution is 7.99. The summed E-state index contributed by atoms with van der Waals surface area (Å²) in [6.07, 6.45) is 3.28. The van der Waals surface area contributed by atoms with Gasteiger partial charge in [-0.05, 0) is 55.2 Å². The molecule has 5 heteroatoms. The van der Waals surface area contributed by atoms with Crippen LogP contribution in [0.4, 0.5) is 0 Å². The predicted molar refractivity (Wildman–Crippen MR) is 78.7 cm³/mol. The molecule has 3 nitrogen and oxygen atoms in total. The molecule has 104 valence electrons. The van der Waals surface area contributed by atoms with Gasteiger partial charge in [-0.3, -0.25) is 4.79 Å². The number of nitrogens with two attached hydrogens (primary N) is 1. The van der Waals surface area contributed by atoms with Gasteiger partial charge in [-0.15, -0.1) is 11.8 Å². The lowest BCUT2D eigenvalue weighted by Crippen LogP contribution is -2.51. The van der Waals surface area contributed by atoms with E-state index in [1.807, 2.05) is 24.3 Å². The van der Waals surface area contributed by atoms with Gasteiger partial charge in [0.2, 0.25) is 0 Å². The zero-order chi connectivity index (χ0) is 13.9. The van der Waals surface area contributed by atoms with Crippen LogP contribution >= 0.6 is 23.4 Å². The molecule has 0 heterocycles. The molecule has 0 radical (unpaired) electrons. The minimum atomic E-state index is -1.01. The van der Waals surface area contributed by atoms with Gasteiger partial charge in [-0.2, -0.15) is 0 Å². The number of thioether (sulfide) groups is 1. The topological polar surface area (TPSA) is 63.3 Å². The fourth-order valence-electron chi connectivity index (χ4n) is 2.64. The van der Waals surface area contributed by atoms with Crippen LogP contribution in [-0.4, -0.2) is 22.4 Å². The first-order valence-electron chi connectivity index (χ1n) is 6.43. The van der Waals surface area contributed by atoms with Crippen molar-refractivity contribution in [1.82, 2.24) is 0 Å². The van der Waals surface area contributed by atoms with Gasteiger partial charge in [0.1, 0.15) is 5.54 Å². The highest BCUT2D eigenvalue weighted by atomic mass is 35.5. The third-order valence-electron chi connectivity index (χ3n) is 3.82. The van der Waals surface area contributed by atoms with Crippen molar-refractivity contribution in [3.63, 3.8) is 0 Å². The molecule has 1 saturated carbocycles. The Bertz CT molecular complexity index is 451. The maximum Gasteiger partial charge on any atom is 0.323 e. The van der Waals surface area contributed by atoms with E-state index in [0.29, 0.717) is 6.42 Å². The quantitative estimate of drug-likeness (QED) is 0.818. The minimum absolute atomic E-state index is 0.0878. The molecule has 0 aromatic heterocycles. The number of carbonyl (C=O) groups is 1. The van der Waals surface area contributed by atoms with Crippen molar-refractivity contribution in [2.24, 2.45) is 11.7 Å². The molecule has 0 aliphatic heterocycles. The second kappa shape index (κ2) is 6.16. The van der Waals surface area contributed by atoms with E-state index in [9.17, 15) is 9.90 Å². The molecule has 0 saturated heterocycles. The lowest BCUT2D eigenvalue weighted by Gasteiger charge is -2.26. The number of benzene rings is 1.